The van der Waals surface area contributed by atoms with Crippen LogP contribution < -0.4 is 10.2 Å². The summed E-state index contributed by atoms with van der Waals surface area (Å²) in [6.07, 6.45) is 2.33. The maximum Gasteiger partial charge on any atom is 0.123 e. The Labute approximate surface area is 104 Å². The molecule has 0 amide bonds. The second kappa shape index (κ2) is 7.28. The summed E-state index contributed by atoms with van der Waals surface area (Å²) in [7, 11) is 2.00. The molecular weight excluding hydrogens is 215 g/mol. The number of rotatable bonds is 7. The normalized spacial score (nSPS) is 12.5. The second-order valence-electron chi connectivity index (χ2n) is 4.29. The molecule has 0 spiro atoms. The van der Waals surface area contributed by atoms with Crippen molar-refractivity contribution in [1.29, 1.82) is 0 Å². The fourth-order valence-corrected chi connectivity index (χ4v) is 2.01. The molecule has 3 heteroatoms. The zero-order valence-electron chi connectivity index (χ0n) is 11.0. The monoisotopic (exact) mass is 238 g/mol. The predicted molar refractivity (Wildman–Crippen MR) is 72.0 cm³/mol. The molecule has 1 N–H and O–H groups in total. The van der Waals surface area contributed by atoms with Crippen LogP contribution in [0.2, 0.25) is 0 Å². The van der Waals surface area contributed by atoms with E-state index in [9.17, 15) is 4.39 Å². The molecule has 96 valence electrons. The maximum absolute atomic E-state index is 12.9. The van der Waals surface area contributed by atoms with Gasteiger partial charge in [-0.3, -0.25) is 0 Å². The average Bonchev–Trinajstić information content (AvgIpc) is 2.36. The first-order valence-electron chi connectivity index (χ1n) is 6.39. The number of benzene rings is 1. The Bertz CT molecular complexity index is 311. The van der Waals surface area contributed by atoms with Crippen LogP contribution in [0.25, 0.3) is 0 Å². The van der Waals surface area contributed by atoms with Gasteiger partial charge in [-0.25, -0.2) is 4.39 Å². The standard InChI is InChI=1S/C14H23FN2/c1-4-6-13(16-3)11-17(5-2)14-9-7-12(15)8-10-14/h7-10,13,16H,4-6,11H2,1-3H3. The van der Waals surface area contributed by atoms with Crippen molar-refractivity contribution in [3.05, 3.63) is 30.1 Å². The van der Waals surface area contributed by atoms with Crippen molar-refractivity contribution in [2.45, 2.75) is 32.7 Å². The minimum atomic E-state index is -0.177. The quantitative estimate of drug-likeness (QED) is 0.785. The van der Waals surface area contributed by atoms with Gasteiger partial charge in [0.05, 0.1) is 0 Å². The van der Waals surface area contributed by atoms with Gasteiger partial charge in [0.2, 0.25) is 0 Å². The summed E-state index contributed by atoms with van der Waals surface area (Å²) in [6.45, 7) is 6.22. The first kappa shape index (κ1) is 14.0. The summed E-state index contributed by atoms with van der Waals surface area (Å²) in [6, 6.07) is 7.22. The van der Waals surface area contributed by atoms with E-state index in [-0.39, 0.29) is 5.82 Å². The van der Waals surface area contributed by atoms with E-state index in [1.165, 1.54) is 18.6 Å². The van der Waals surface area contributed by atoms with E-state index in [0.717, 1.165) is 25.2 Å². The van der Waals surface area contributed by atoms with Crippen LogP contribution in [0, 0.1) is 5.82 Å². The summed E-state index contributed by atoms with van der Waals surface area (Å²) < 4.78 is 12.9. The molecule has 17 heavy (non-hydrogen) atoms. The Hall–Kier alpha value is -1.09. The topological polar surface area (TPSA) is 15.3 Å². The summed E-state index contributed by atoms with van der Waals surface area (Å²) in [5.74, 6) is -0.177. The van der Waals surface area contributed by atoms with Gasteiger partial charge in [0.15, 0.2) is 0 Å². The number of halogens is 1. The van der Waals surface area contributed by atoms with Crippen LogP contribution in [0.4, 0.5) is 10.1 Å². The molecule has 0 saturated heterocycles. The average molecular weight is 238 g/mol. The first-order valence-corrected chi connectivity index (χ1v) is 6.39. The molecule has 0 aliphatic rings. The van der Waals surface area contributed by atoms with Crippen LogP contribution in [-0.4, -0.2) is 26.2 Å². The van der Waals surface area contributed by atoms with E-state index in [1.807, 2.05) is 19.2 Å². The lowest BCUT2D eigenvalue weighted by Gasteiger charge is -2.28. The molecule has 0 radical (unpaired) electrons. The highest BCUT2D eigenvalue weighted by Crippen LogP contribution is 2.15. The molecule has 0 fully saturated rings. The van der Waals surface area contributed by atoms with Gasteiger partial charge in [-0.05, 0) is 44.7 Å². The molecule has 1 atom stereocenters. The molecule has 0 aliphatic heterocycles. The molecule has 0 aliphatic carbocycles. The SMILES string of the molecule is CCCC(CN(CC)c1ccc(F)cc1)NC. The van der Waals surface area contributed by atoms with Crippen molar-refractivity contribution in [2.24, 2.45) is 0 Å². The molecule has 1 aromatic carbocycles. The summed E-state index contributed by atoms with van der Waals surface area (Å²) in [4.78, 5) is 2.27. The van der Waals surface area contributed by atoms with Crippen molar-refractivity contribution >= 4 is 5.69 Å². The van der Waals surface area contributed by atoms with Gasteiger partial charge in [-0.1, -0.05) is 13.3 Å². The Kier molecular flexibility index (Phi) is 5.98. The highest BCUT2D eigenvalue weighted by molar-refractivity contribution is 5.46. The van der Waals surface area contributed by atoms with Crippen molar-refractivity contribution in [1.82, 2.24) is 5.32 Å². The Morgan fingerprint density at radius 3 is 2.35 bits per heavy atom. The lowest BCUT2D eigenvalue weighted by molar-refractivity contribution is 0.508. The number of likely N-dealkylation sites (N-methyl/N-ethyl adjacent to an activating group) is 2. The van der Waals surface area contributed by atoms with Gasteiger partial charge < -0.3 is 10.2 Å². The van der Waals surface area contributed by atoms with Crippen LogP contribution in [0.3, 0.4) is 0 Å². The van der Waals surface area contributed by atoms with Gasteiger partial charge >= 0.3 is 0 Å². The van der Waals surface area contributed by atoms with E-state index in [2.05, 4.69) is 24.1 Å². The fraction of sp³-hybridized carbons (Fsp3) is 0.571. The van der Waals surface area contributed by atoms with E-state index in [1.54, 1.807) is 0 Å². The minimum absolute atomic E-state index is 0.177. The van der Waals surface area contributed by atoms with Crippen molar-refractivity contribution < 1.29 is 4.39 Å². The van der Waals surface area contributed by atoms with Gasteiger partial charge in [0, 0.05) is 24.8 Å². The van der Waals surface area contributed by atoms with E-state index < -0.39 is 0 Å². The van der Waals surface area contributed by atoms with E-state index >= 15 is 0 Å². The molecule has 0 saturated carbocycles. The zero-order valence-corrected chi connectivity index (χ0v) is 11.0. The number of nitrogens with one attached hydrogen (secondary N) is 1. The molecule has 0 aromatic heterocycles. The highest BCUT2D eigenvalue weighted by Gasteiger charge is 2.11. The van der Waals surface area contributed by atoms with Gasteiger partial charge in [0.1, 0.15) is 5.82 Å². The van der Waals surface area contributed by atoms with Crippen LogP contribution in [0.15, 0.2) is 24.3 Å². The summed E-state index contributed by atoms with van der Waals surface area (Å²) >= 11 is 0. The summed E-state index contributed by atoms with van der Waals surface area (Å²) in [5, 5.41) is 3.33. The molecule has 1 unspecified atom stereocenters. The molecule has 2 nitrogen and oxygen atoms in total. The van der Waals surface area contributed by atoms with Gasteiger partial charge in [0.25, 0.3) is 0 Å². The lowest BCUT2D eigenvalue weighted by atomic mass is 10.1. The smallest absolute Gasteiger partial charge is 0.123 e. The maximum atomic E-state index is 12.9. The molecule has 0 bridgehead atoms. The fourth-order valence-electron chi connectivity index (χ4n) is 2.01. The second-order valence-corrected chi connectivity index (χ2v) is 4.29. The van der Waals surface area contributed by atoms with Crippen molar-refractivity contribution in [3.63, 3.8) is 0 Å². The Morgan fingerprint density at radius 1 is 1.24 bits per heavy atom. The summed E-state index contributed by atoms with van der Waals surface area (Å²) in [5.41, 5.74) is 1.09. The largest absolute Gasteiger partial charge is 0.370 e. The number of nitrogens with zero attached hydrogens (tertiary/aromatic N) is 1. The third-order valence-corrected chi connectivity index (χ3v) is 3.06. The number of hydrogen-bond donors (Lipinski definition) is 1. The molecule has 1 aromatic rings. The van der Waals surface area contributed by atoms with Crippen LogP contribution >= 0.6 is 0 Å². The minimum Gasteiger partial charge on any atom is -0.370 e. The van der Waals surface area contributed by atoms with Gasteiger partial charge in [-0.2, -0.15) is 0 Å². The molecule has 0 heterocycles. The Balaban J connectivity index is 2.67. The number of hydrogen-bond acceptors (Lipinski definition) is 2. The zero-order chi connectivity index (χ0) is 12.7. The van der Waals surface area contributed by atoms with E-state index in [0.29, 0.717) is 6.04 Å². The van der Waals surface area contributed by atoms with E-state index in [4.69, 9.17) is 0 Å². The van der Waals surface area contributed by atoms with Crippen LogP contribution in [0.5, 0.6) is 0 Å². The Morgan fingerprint density at radius 2 is 1.88 bits per heavy atom. The predicted octanol–water partition coefficient (Wildman–Crippen LogP) is 3.04. The van der Waals surface area contributed by atoms with Crippen molar-refractivity contribution in [3.8, 4) is 0 Å². The number of anilines is 1. The third kappa shape index (κ3) is 4.35. The van der Waals surface area contributed by atoms with Gasteiger partial charge in [-0.15, -0.1) is 0 Å². The van der Waals surface area contributed by atoms with Crippen LogP contribution in [-0.2, 0) is 0 Å². The molecular formula is C14H23FN2. The highest BCUT2D eigenvalue weighted by atomic mass is 19.1. The van der Waals surface area contributed by atoms with Crippen LogP contribution in [0.1, 0.15) is 26.7 Å². The van der Waals surface area contributed by atoms with Crippen molar-refractivity contribution in [2.75, 3.05) is 25.0 Å². The molecule has 1 rings (SSSR count). The first-order chi connectivity index (χ1) is 8.21. The lowest BCUT2D eigenvalue weighted by Crippen LogP contribution is -2.39. The third-order valence-electron chi connectivity index (χ3n) is 3.06.